The Hall–Kier alpha value is -2.89. The predicted octanol–water partition coefficient (Wildman–Crippen LogP) is 1.60. The fraction of sp³-hybridized carbons (Fsp3) is 0.133. The van der Waals surface area contributed by atoms with Gasteiger partial charge in [0.15, 0.2) is 0 Å². The van der Waals surface area contributed by atoms with E-state index >= 15 is 0 Å². The van der Waals surface area contributed by atoms with E-state index in [1.807, 2.05) is 17.7 Å². The number of aryl methyl sites for hydroxylation is 1. The van der Waals surface area contributed by atoms with Crippen molar-refractivity contribution in [3.8, 4) is 5.75 Å². The van der Waals surface area contributed by atoms with Crippen molar-refractivity contribution in [3.63, 3.8) is 0 Å². The van der Waals surface area contributed by atoms with Crippen LogP contribution in [0, 0.1) is 0 Å². The number of nitrogens with one attached hydrogen (secondary N) is 1. The van der Waals surface area contributed by atoms with E-state index in [0.29, 0.717) is 12.1 Å². The van der Waals surface area contributed by atoms with Crippen LogP contribution in [-0.4, -0.2) is 25.5 Å². The van der Waals surface area contributed by atoms with E-state index in [0.717, 1.165) is 11.2 Å². The van der Waals surface area contributed by atoms with Crippen LogP contribution in [0.3, 0.4) is 0 Å². The Kier molecular flexibility index (Phi) is 3.27. The third-order valence-electron chi connectivity index (χ3n) is 3.29. The number of rotatable bonds is 3. The van der Waals surface area contributed by atoms with Crippen LogP contribution < -0.4 is 5.32 Å². The molecule has 106 valence electrons. The molecule has 3 rings (SSSR count). The number of hydrogen-bond donors (Lipinski definition) is 2. The molecule has 0 bridgehead atoms. The van der Waals surface area contributed by atoms with Crippen molar-refractivity contribution in [1.82, 2.24) is 19.9 Å². The lowest BCUT2D eigenvalue weighted by Gasteiger charge is -2.08. The number of amides is 1. The molecule has 0 atom stereocenters. The molecule has 0 radical (unpaired) electrons. The summed E-state index contributed by atoms with van der Waals surface area (Å²) in [5.41, 5.74) is 0.868. The van der Waals surface area contributed by atoms with Crippen LogP contribution in [0.25, 0.3) is 10.9 Å². The largest absolute Gasteiger partial charge is 0.507 e. The Labute approximate surface area is 121 Å². The van der Waals surface area contributed by atoms with E-state index in [1.165, 1.54) is 6.07 Å². The number of phenols is 1. The summed E-state index contributed by atoms with van der Waals surface area (Å²) in [5.74, 6) is 0.317. The quantitative estimate of drug-likeness (QED) is 0.764. The van der Waals surface area contributed by atoms with Gasteiger partial charge >= 0.3 is 0 Å². The minimum atomic E-state index is -0.358. The second-order valence-electron chi connectivity index (χ2n) is 4.70. The predicted molar refractivity (Wildman–Crippen MR) is 77.8 cm³/mol. The third-order valence-corrected chi connectivity index (χ3v) is 3.29. The number of phenolic OH excluding ortho intramolecular Hbond substituents is 1. The molecule has 1 amide bonds. The van der Waals surface area contributed by atoms with Gasteiger partial charge in [0, 0.05) is 31.0 Å². The molecule has 0 spiro atoms. The lowest BCUT2D eigenvalue weighted by molar-refractivity contribution is 0.0947. The number of aromatic hydroxyl groups is 1. The first-order valence-electron chi connectivity index (χ1n) is 6.47. The molecule has 6 heteroatoms. The van der Waals surface area contributed by atoms with E-state index in [4.69, 9.17) is 0 Å². The molecule has 0 aliphatic rings. The molecule has 0 aliphatic carbocycles. The summed E-state index contributed by atoms with van der Waals surface area (Å²) in [6, 6.07) is 6.73. The highest BCUT2D eigenvalue weighted by Gasteiger charge is 2.13. The molecule has 0 saturated heterocycles. The maximum Gasteiger partial charge on any atom is 0.255 e. The summed E-state index contributed by atoms with van der Waals surface area (Å²) < 4.78 is 1.82. The highest BCUT2D eigenvalue weighted by molar-refractivity contribution is 6.00. The summed E-state index contributed by atoms with van der Waals surface area (Å²) in [4.78, 5) is 20.5. The minimum Gasteiger partial charge on any atom is -0.507 e. The number of fused-ring (bicyclic) bond motifs is 1. The molecular weight excluding hydrogens is 268 g/mol. The van der Waals surface area contributed by atoms with Gasteiger partial charge in [-0.05, 0) is 18.2 Å². The Bertz CT molecular complexity index is 810. The van der Waals surface area contributed by atoms with Gasteiger partial charge in [0.2, 0.25) is 0 Å². The topological polar surface area (TPSA) is 80.0 Å². The lowest BCUT2D eigenvalue weighted by Crippen LogP contribution is -2.24. The van der Waals surface area contributed by atoms with E-state index in [9.17, 15) is 9.90 Å². The van der Waals surface area contributed by atoms with Crippen LogP contribution in [0.15, 0.2) is 42.9 Å². The smallest absolute Gasteiger partial charge is 0.255 e. The van der Waals surface area contributed by atoms with Crippen molar-refractivity contribution in [1.29, 1.82) is 0 Å². The summed E-state index contributed by atoms with van der Waals surface area (Å²) in [6.07, 6.45) is 5.12. The Morgan fingerprint density at radius 1 is 1.33 bits per heavy atom. The second-order valence-corrected chi connectivity index (χ2v) is 4.70. The maximum absolute atomic E-state index is 12.2. The highest BCUT2D eigenvalue weighted by atomic mass is 16.3. The molecule has 3 aromatic rings. The van der Waals surface area contributed by atoms with Gasteiger partial charge in [-0.25, -0.2) is 4.98 Å². The van der Waals surface area contributed by atoms with E-state index in [-0.39, 0.29) is 17.2 Å². The van der Waals surface area contributed by atoms with Gasteiger partial charge in [-0.2, -0.15) is 0 Å². The molecule has 21 heavy (non-hydrogen) atoms. The van der Waals surface area contributed by atoms with Crippen LogP contribution in [0.1, 0.15) is 16.2 Å². The maximum atomic E-state index is 12.2. The highest BCUT2D eigenvalue weighted by Crippen LogP contribution is 2.23. The molecule has 0 aliphatic heterocycles. The van der Waals surface area contributed by atoms with Crippen molar-refractivity contribution < 1.29 is 9.90 Å². The lowest BCUT2D eigenvalue weighted by atomic mass is 10.1. The summed E-state index contributed by atoms with van der Waals surface area (Å²) in [5, 5.41) is 13.5. The molecule has 2 aromatic heterocycles. The summed E-state index contributed by atoms with van der Waals surface area (Å²) >= 11 is 0. The molecule has 2 N–H and O–H groups in total. The molecule has 1 aromatic carbocycles. The average molecular weight is 282 g/mol. The average Bonchev–Trinajstić information content (AvgIpc) is 2.89. The summed E-state index contributed by atoms with van der Waals surface area (Å²) in [6.45, 7) is 0.294. The Morgan fingerprint density at radius 3 is 2.95 bits per heavy atom. The summed E-state index contributed by atoms with van der Waals surface area (Å²) in [7, 11) is 1.85. The molecule has 2 heterocycles. The monoisotopic (exact) mass is 282 g/mol. The zero-order chi connectivity index (χ0) is 14.8. The minimum absolute atomic E-state index is 0.0622. The van der Waals surface area contributed by atoms with Crippen molar-refractivity contribution in [2.45, 2.75) is 6.54 Å². The van der Waals surface area contributed by atoms with E-state index < -0.39 is 0 Å². The normalized spacial score (nSPS) is 10.7. The Morgan fingerprint density at radius 2 is 2.19 bits per heavy atom. The first-order chi connectivity index (χ1) is 10.1. The zero-order valence-corrected chi connectivity index (χ0v) is 11.4. The number of nitrogens with zero attached hydrogens (tertiary/aromatic N) is 3. The van der Waals surface area contributed by atoms with Crippen molar-refractivity contribution in [3.05, 3.63) is 54.2 Å². The second kappa shape index (κ2) is 5.24. The van der Waals surface area contributed by atoms with Gasteiger partial charge in [0.25, 0.3) is 5.91 Å². The van der Waals surface area contributed by atoms with Crippen LogP contribution in [0.2, 0.25) is 0 Å². The zero-order valence-electron chi connectivity index (χ0n) is 11.4. The van der Waals surface area contributed by atoms with Gasteiger partial charge in [0.1, 0.15) is 11.6 Å². The number of aromatic nitrogens is 3. The first-order valence-corrected chi connectivity index (χ1v) is 6.47. The Balaban J connectivity index is 1.84. The molecular formula is C15H14N4O2. The number of hydrogen-bond acceptors (Lipinski definition) is 4. The fourth-order valence-electron chi connectivity index (χ4n) is 2.11. The van der Waals surface area contributed by atoms with Crippen LogP contribution in [-0.2, 0) is 13.6 Å². The van der Waals surface area contributed by atoms with Crippen LogP contribution in [0.5, 0.6) is 5.75 Å². The van der Waals surface area contributed by atoms with Crippen LogP contribution >= 0.6 is 0 Å². The standard InChI is InChI=1S/C15H14N4O2/c1-19-6-5-17-14(19)9-18-15(21)11-8-12-10(7-13(11)20)3-2-4-16-12/h2-8,20H,9H2,1H3,(H,18,21). The van der Waals surface area contributed by atoms with Gasteiger partial charge in [0.05, 0.1) is 17.6 Å². The molecule has 0 saturated carbocycles. The molecule has 0 fully saturated rings. The van der Waals surface area contributed by atoms with Gasteiger partial charge in [-0.3, -0.25) is 9.78 Å². The number of carbonyl (C=O) groups excluding carboxylic acids is 1. The van der Waals surface area contributed by atoms with Crippen molar-refractivity contribution >= 4 is 16.8 Å². The number of pyridine rings is 1. The van der Waals surface area contributed by atoms with E-state index in [2.05, 4.69) is 15.3 Å². The molecule has 0 unspecified atom stereocenters. The van der Waals surface area contributed by atoms with Gasteiger partial charge in [-0.15, -0.1) is 0 Å². The number of benzene rings is 1. The van der Waals surface area contributed by atoms with Crippen molar-refractivity contribution in [2.75, 3.05) is 0 Å². The molecule has 6 nitrogen and oxygen atoms in total. The van der Waals surface area contributed by atoms with Gasteiger partial charge in [-0.1, -0.05) is 6.07 Å². The van der Waals surface area contributed by atoms with Crippen LogP contribution in [0.4, 0.5) is 0 Å². The van der Waals surface area contributed by atoms with Gasteiger partial charge < -0.3 is 15.0 Å². The number of carbonyl (C=O) groups is 1. The van der Waals surface area contributed by atoms with E-state index in [1.54, 1.807) is 30.7 Å². The third kappa shape index (κ3) is 2.55. The fourth-order valence-corrected chi connectivity index (χ4v) is 2.11. The first kappa shape index (κ1) is 13.1. The SMILES string of the molecule is Cn1ccnc1CNC(=O)c1cc2ncccc2cc1O. The van der Waals surface area contributed by atoms with Crippen molar-refractivity contribution in [2.24, 2.45) is 7.05 Å². The number of imidazole rings is 1.